The minimum absolute atomic E-state index is 0.228. The molecule has 0 unspecified atom stereocenters. The van der Waals surface area contributed by atoms with Crippen LogP contribution in [-0.4, -0.2) is 29.3 Å². The van der Waals surface area contributed by atoms with Gasteiger partial charge in [0.2, 0.25) is 0 Å². The van der Waals surface area contributed by atoms with E-state index >= 15 is 0 Å². The maximum absolute atomic E-state index is 11.8. The molecule has 21 heavy (non-hydrogen) atoms. The summed E-state index contributed by atoms with van der Waals surface area (Å²) in [4.78, 5) is 20.1. The third kappa shape index (κ3) is 4.09. The van der Waals surface area contributed by atoms with E-state index in [2.05, 4.69) is 15.3 Å². The van der Waals surface area contributed by atoms with E-state index in [1.165, 1.54) is 18.9 Å². The molecule has 0 aliphatic heterocycles. The smallest absolute Gasteiger partial charge is 0.358 e. The molecule has 0 radical (unpaired) electrons. The number of carbonyl (C=O) groups excluding carboxylic acids is 1. The first kappa shape index (κ1) is 15.6. The van der Waals surface area contributed by atoms with Gasteiger partial charge in [-0.05, 0) is 24.0 Å². The summed E-state index contributed by atoms with van der Waals surface area (Å²) in [5.41, 5.74) is 1.80. The number of nitrogens with one attached hydrogen (secondary N) is 1. The van der Waals surface area contributed by atoms with Crippen molar-refractivity contribution in [3.63, 3.8) is 0 Å². The van der Waals surface area contributed by atoms with Crippen LogP contribution >= 0.6 is 23.4 Å². The Morgan fingerprint density at radius 1 is 1.38 bits per heavy atom. The molecule has 2 aromatic rings. The molecule has 0 spiro atoms. The van der Waals surface area contributed by atoms with Gasteiger partial charge >= 0.3 is 5.97 Å². The Morgan fingerprint density at radius 2 is 2.10 bits per heavy atom. The molecule has 7 heteroatoms. The topological polar surface area (TPSA) is 64.1 Å². The summed E-state index contributed by atoms with van der Waals surface area (Å²) in [5.74, 6) is -0.494. The van der Waals surface area contributed by atoms with Crippen LogP contribution in [0, 0.1) is 0 Å². The molecule has 0 aliphatic carbocycles. The first-order valence-corrected chi connectivity index (χ1v) is 7.72. The predicted molar refractivity (Wildman–Crippen MR) is 83.9 cm³/mol. The van der Waals surface area contributed by atoms with Crippen LogP contribution in [0.15, 0.2) is 35.6 Å². The summed E-state index contributed by atoms with van der Waals surface area (Å²) in [5, 5.41) is 4.34. The molecule has 1 N–H and O–H groups in total. The van der Waals surface area contributed by atoms with Gasteiger partial charge in [-0.15, -0.1) is 0 Å². The van der Waals surface area contributed by atoms with Crippen LogP contribution in [0.25, 0.3) is 0 Å². The molecule has 0 saturated heterocycles. The lowest BCUT2D eigenvalue weighted by molar-refractivity contribution is 0.0594. The quantitative estimate of drug-likeness (QED) is 0.517. The number of ether oxygens (including phenoxy) is 1. The van der Waals surface area contributed by atoms with Crippen LogP contribution in [0.3, 0.4) is 0 Å². The van der Waals surface area contributed by atoms with E-state index in [9.17, 15) is 4.79 Å². The molecule has 0 bridgehead atoms. The lowest BCUT2D eigenvalue weighted by atomic mass is 10.2. The van der Waals surface area contributed by atoms with Crippen molar-refractivity contribution in [1.29, 1.82) is 0 Å². The summed E-state index contributed by atoms with van der Waals surface area (Å²) in [6.07, 6.45) is 3.43. The van der Waals surface area contributed by atoms with Crippen molar-refractivity contribution in [3.8, 4) is 0 Å². The highest BCUT2D eigenvalue weighted by molar-refractivity contribution is 7.98. The van der Waals surface area contributed by atoms with Gasteiger partial charge in [-0.2, -0.15) is 0 Å². The maximum Gasteiger partial charge on any atom is 0.358 e. The van der Waals surface area contributed by atoms with Gasteiger partial charge in [0.15, 0.2) is 10.9 Å². The van der Waals surface area contributed by atoms with Crippen molar-refractivity contribution >= 4 is 35.0 Å². The number of carbonyl (C=O) groups is 1. The second-order valence-corrected chi connectivity index (χ2v) is 5.30. The Hall–Kier alpha value is -1.79. The van der Waals surface area contributed by atoms with E-state index < -0.39 is 5.97 Å². The van der Waals surface area contributed by atoms with Crippen molar-refractivity contribution < 1.29 is 9.53 Å². The Morgan fingerprint density at radius 3 is 2.71 bits per heavy atom. The fourth-order valence-electron chi connectivity index (χ4n) is 1.65. The van der Waals surface area contributed by atoms with E-state index in [0.29, 0.717) is 22.4 Å². The van der Waals surface area contributed by atoms with Crippen molar-refractivity contribution in [3.05, 3.63) is 46.7 Å². The fourth-order valence-corrected chi connectivity index (χ4v) is 2.11. The van der Waals surface area contributed by atoms with Crippen LogP contribution in [0.1, 0.15) is 16.1 Å². The number of anilines is 1. The average molecular weight is 324 g/mol. The van der Waals surface area contributed by atoms with Crippen LogP contribution in [-0.2, 0) is 11.3 Å². The highest BCUT2D eigenvalue weighted by Crippen LogP contribution is 2.18. The van der Waals surface area contributed by atoms with Gasteiger partial charge in [0, 0.05) is 11.6 Å². The second kappa shape index (κ2) is 7.28. The van der Waals surface area contributed by atoms with E-state index in [4.69, 9.17) is 16.3 Å². The Balaban J connectivity index is 2.18. The molecule has 5 nitrogen and oxygen atoms in total. The number of thioether (sulfide) groups is 1. The zero-order valence-electron chi connectivity index (χ0n) is 11.6. The molecule has 0 fully saturated rings. The summed E-state index contributed by atoms with van der Waals surface area (Å²) >= 11 is 7.21. The summed E-state index contributed by atoms with van der Waals surface area (Å²) < 4.78 is 4.75. The van der Waals surface area contributed by atoms with Crippen LogP contribution in [0.2, 0.25) is 5.02 Å². The monoisotopic (exact) mass is 323 g/mol. The number of rotatable bonds is 5. The molecule has 0 amide bonds. The van der Waals surface area contributed by atoms with Crippen LogP contribution in [0.4, 0.5) is 5.69 Å². The molecule has 110 valence electrons. The third-order valence-corrected chi connectivity index (χ3v) is 3.54. The first-order valence-electron chi connectivity index (χ1n) is 6.11. The highest BCUT2D eigenvalue weighted by atomic mass is 35.5. The van der Waals surface area contributed by atoms with Crippen molar-refractivity contribution in [2.75, 3.05) is 18.7 Å². The molecule has 1 aromatic heterocycles. The molecular formula is C14H14ClN3O2S. The molecule has 0 saturated carbocycles. The van der Waals surface area contributed by atoms with Crippen molar-refractivity contribution in [2.24, 2.45) is 0 Å². The number of hydrogen-bond donors (Lipinski definition) is 1. The lowest BCUT2D eigenvalue weighted by Gasteiger charge is -2.10. The van der Waals surface area contributed by atoms with Gasteiger partial charge in [-0.3, -0.25) is 0 Å². The van der Waals surface area contributed by atoms with Crippen LogP contribution < -0.4 is 5.32 Å². The van der Waals surface area contributed by atoms with E-state index in [1.807, 2.05) is 30.5 Å². The van der Waals surface area contributed by atoms with Gasteiger partial charge in [-0.25, -0.2) is 14.8 Å². The third-order valence-electron chi connectivity index (χ3n) is 2.72. The molecule has 1 heterocycles. The van der Waals surface area contributed by atoms with Gasteiger partial charge < -0.3 is 10.1 Å². The van der Waals surface area contributed by atoms with Gasteiger partial charge in [0.1, 0.15) is 0 Å². The second-order valence-electron chi connectivity index (χ2n) is 4.09. The number of nitrogens with zero attached hydrogens (tertiary/aromatic N) is 2. The summed E-state index contributed by atoms with van der Waals surface area (Å²) in [6.45, 7) is 0.531. The molecule has 1 aromatic carbocycles. The summed E-state index contributed by atoms with van der Waals surface area (Å²) in [6, 6.07) is 7.44. The number of hydrogen-bond acceptors (Lipinski definition) is 6. The minimum Gasteiger partial charge on any atom is -0.464 e. The Kier molecular flexibility index (Phi) is 5.41. The zero-order chi connectivity index (χ0) is 15.2. The molecule has 2 rings (SSSR count). The zero-order valence-corrected chi connectivity index (χ0v) is 13.2. The molecule has 0 aliphatic rings. The SMILES string of the molecule is COC(=O)c1nc(SC)ncc1NCc1ccc(Cl)cc1. The number of aromatic nitrogens is 2. The van der Waals surface area contributed by atoms with E-state index in [1.54, 1.807) is 6.20 Å². The van der Waals surface area contributed by atoms with E-state index in [0.717, 1.165) is 5.56 Å². The number of methoxy groups -OCH3 is 1. The fraction of sp³-hybridized carbons (Fsp3) is 0.214. The largest absolute Gasteiger partial charge is 0.464 e. The van der Waals surface area contributed by atoms with Gasteiger partial charge in [-0.1, -0.05) is 35.5 Å². The van der Waals surface area contributed by atoms with Crippen molar-refractivity contribution in [1.82, 2.24) is 9.97 Å². The molecular weight excluding hydrogens is 310 g/mol. The normalized spacial score (nSPS) is 10.2. The number of halogens is 1. The van der Waals surface area contributed by atoms with Crippen molar-refractivity contribution in [2.45, 2.75) is 11.7 Å². The van der Waals surface area contributed by atoms with Gasteiger partial charge in [0.05, 0.1) is 19.0 Å². The Labute approximate surface area is 132 Å². The number of benzene rings is 1. The minimum atomic E-state index is -0.494. The molecule has 0 atom stereocenters. The Bertz CT molecular complexity index is 635. The first-order chi connectivity index (χ1) is 10.1. The predicted octanol–water partition coefficient (Wildman–Crippen LogP) is 3.25. The van der Waals surface area contributed by atoms with Gasteiger partial charge in [0.25, 0.3) is 0 Å². The highest BCUT2D eigenvalue weighted by Gasteiger charge is 2.15. The van der Waals surface area contributed by atoms with E-state index in [-0.39, 0.29) is 5.69 Å². The maximum atomic E-state index is 11.8. The summed E-state index contributed by atoms with van der Waals surface area (Å²) in [7, 11) is 1.33. The average Bonchev–Trinajstić information content (AvgIpc) is 2.53. The lowest BCUT2D eigenvalue weighted by Crippen LogP contribution is -2.12. The number of esters is 1. The van der Waals surface area contributed by atoms with Crippen LogP contribution in [0.5, 0.6) is 0 Å². The standard InChI is InChI=1S/C14H14ClN3O2S/c1-20-13(19)12-11(8-17-14(18-12)21-2)16-7-9-3-5-10(15)6-4-9/h3-6,8,16H,7H2,1-2H3.